The second kappa shape index (κ2) is 7.14. The molecule has 1 fully saturated rings. The number of hydrogen-bond donors (Lipinski definition) is 1. The summed E-state index contributed by atoms with van der Waals surface area (Å²) in [5.74, 6) is -2.30. The summed E-state index contributed by atoms with van der Waals surface area (Å²) in [6.07, 6.45) is 2.09. The molecule has 1 aliphatic heterocycles. The number of amides is 1. The number of anilines is 1. The fraction of sp³-hybridized carbons (Fsp3) is 0.467. The van der Waals surface area contributed by atoms with Gasteiger partial charge in [0.25, 0.3) is 0 Å². The SMILES string of the molecule is N#CCCN1CCCC(C(=O)Nc2ccc(F)c(F)c2)C1. The van der Waals surface area contributed by atoms with E-state index in [1.807, 2.05) is 0 Å². The molecule has 0 bridgehead atoms. The Hall–Kier alpha value is -2.00. The van der Waals surface area contributed by atoms with Crippen LogP contribution in [-0.2, 0) is 4.79 Å². The number of piperidine rings is 1. The lowest BCUT2D eigenvalue weighted by atomic mass is 9.97. The molecule has 1 atom stereocenters. The van der Waals surface area contributed by atoms with Crippen molar-refractivity contribution in [2.75, 3.05) is 25.0 Å². The van der Waals surface area contributed by atoms with Crippen molar-refractivity contribution in [3.05, 3.63) is 29.8 Å². The van der Waals surface area contributed by atoms with Crippen LogP contribution in [0.25, 0.3) is 0 Å². The van der Waals surface area contributed by atoms with Gasteiger partial charge in [-0.2, -0.15) is 5.26 Å². The molecule has 1 amide bonds. The fourth-order valence-corrected chi connectivity index (χ4v) is 2.50. The molecule has 1 heterocycles. The molecule has 1 aliphatic rings. The Balaban J connectivity index is 1.93. The number of carbonyl (C=O) groups excluding carboxylic acids is 1. The Labute approximate surface area is 122 Å². The molecule has 1 saturated heterocycles. The average Bonchev–Trinajstić information content (AvgIpc) is 2.49. The van der Waals surface area contributed by atoms with E-state index >= 15 is 0 Å². The van der Waals surface area contributed by atoms with Crippen LogP contribution in [0.2, 0.25) is 0 Å². The minimum absolute atomic E-state index is 0.189. The first-order valence-corrected chi connectivity index (χ1v) is 6.95. The van der Waals surface area contributed by atoms with E-state index < -0.39 is 11.6 Å². The molecule has 6 heteroatoms. The van der Waals surface area contributed by atoms with Crippen molar-refractivity contribution in [1.82, 2.24) is 4.90 Å². The molecule has 4 nitrogen and oxygen atoms in total. The zero-order valence-corrected chi connectivity index (χ0v) is 11.6. The van der Waals surface area contributed by atoms with Gasteiger partial charge in [0, 0.05) is 31.3 Å². The third-order valence-corrected chi connectivity index (χ3v) is 3.60. The van der Waals surface area contributed by atoms with Crippen LogP contribution >= 0.6 is 0 Å². The number of nitrogens with one attached hydrogen (secondary N) is 1. The van der Waals surface area contributed by atoms with Crippen LogP contribution in [0.3, 0.4) is 0 Å². The van der Waals surface area contributed by atoms with Crippen LogP contribution in [0, 0.1) is 28.9 Å². The third-order valence-electron chi connectivity index (χ3n) is 3.60. The van der Waals surface area contributed by atoms with Gasteiger partial charge in [-0.05, 0) is 31.5 Å². The lowest BCUT2D eigenvalue weighted by molar-refractivity contribution is -0.121. The molecule has 1 unspecified atom stereocenters. The van der Waals surface area contributed by atoms with Crippen LogP contribution < -0.4 is 5.32 Å². The number of halogens is 2. The minimum atomic E-state index is -0.980. The van der Waals surface area contributed by atoms with Crippen molar-refractivity contribution in [3.8, 4) is 6.07 Å². The molecular formula is C15H17F2N3O. The number of rotatable bonds is 4. The first-order chi connectivity index (χ1) is 10.1. The van der Waals surface area contributed by atoms with Gasteiger partial charge in [-0.25, -0.2) is 8.78 Å². The van der Waals surface area contributed by atoms with Crippen molar-refractivity contribution in [2.45, 2.75) is 19.3 Å². The summed E-state index contributed by atoms with van der Waals surface area (Å²) in [7, 11) is 0. The van der Waals surface area contributed by atoms with Gasteiger partial charge in [-0.15, -0.1) is 0 Å². The molecule has 0 radical (unpaired) electrons. The normalized spacial score (nSPS) is 19.0. The number of nitrogens with zero attached hydrogens (tertiary/aromatic N) is 2. The second-order valence-electron chi connectivity index (χ2n) is 5.17. The lowest BCUT2D eigenvalue weighted by Gasteiger charge is -2.31. The van der Waals surface area contributed by atoms with E-state index in [-0.39, 0.29) is 17.5 Å². The van der Waals surface area contributed by atoms with Gasteiger partial charge >= 0.3 is 0 Å². The zero-order chi connectivity index (χ0) is 15.2. The summed E-state index contributed by atoms with van der Waals surface area (Å²) in [6.45, 7) is 2.14. The van der Waals surface area contributed by atoms with Crippen LogP contribution in [-0.4, -0.2) is 30.4 Å². The van der Waals surface area contributed by atoms with Crippen molar-refractivity contribution >= 4 is 11.6 Å². The number of hydrogen-bond acceptors (Lipinski definition) is 3. The van der Waals surface area contributed by atoms with Gasteiger partial charge in [0.15, 0.2) is 11.6 Å². The van der Waals surface area contributed by atoms with Crippen LogP contribution in [0.1, 0.15) is 19.3 Å². The number of nitriles is 1. The summed E-state index contributed by atoms with van der Waals surface area (Å²) in [4.78, 5) is 14.2. The van der Waals surface area contributed by atoms with Crippen LogP contribution in [0.4, 0.5) is 14.5 Å². The van der Waals surface area contributed by atoms with Crippen molar-refractivity contribution in [2.24, 2.45) is 5.92 Å². The first-order valence-electron chi connectivity index (χ1n) is 6.95. The van der Waals surface area contributed by atoms with Gasteiger partial charge in [0.1, 0.15) is 0 Å². The highest BCUT2D eigenvalue weighted by atomic mass is 19.2. The predicted molar refractivity (Wildman–Crippen MR) is 74.4 cm³/mol. The number of benzene rings is 1. The Kier molecular flexibility index (Phi) is 5.23. The van der Waals surface area contributed by atoms with Gasteiger partial charge in [-0.1, -0.05) is 0 Å². The maximum atomic E-state index is 13.1. The molecule has 0 aliphatic carbocycles. The van der Waals surface area contributed by atoms with Gasteiger partial charge < -0.3 is 10.2 Å². The maximum Gasteiger partial charge on any atom is 0.228 e. The summed E-state index contributed by atoms with van der Waals surface area (Å²) >= 11 is 0. The van der Waals surface area contributed by atoms with Crippen LogP contribution in [0.5, 0.6) is 0 Å². The molecule has 2 rings (SSSR count). The van der Waals surface area contributed by atoms with Gasteiger partial charge in [-0.3, -0.25) is 4.79 Å². The molecule has 0 aromatic heterocycles. The van der Waals surface area contributed by atoms with E-state index in [4.69, 9.17) is 5.26 Å². The summed E-state index contributed by atoms with van der Waals surface area (Å²) < 4.78 is 25.9. The monoisotopic (exact) mass is 293 g/mol. The minimum Gasteiger partial charge on any atom is -0.326 e. The van der Waals surface area contributed by atoms with Gasteiger partial charge in [0.2, 0.25) is 5.91 Å². The van der Waals surface area contributed by atoms with E-state index in [2.05, 4.69) is 16.3 Å². The Morgan fingerprint density at radius 3 is 2.95 bits per heavy atom. The summed E-state index contributed by atoms with van der Waals surface area (Å²) in [6, 6.07) is 5.40. The Morgan fingerprint density at radius 2 is 2.24 bits per heavy atom. The molecule has 0 saturated carbocycles. The highest BCUT2D eigenvalue weighted by Gasteiger charge is 2.25. The van der Waals surface area contributed by atoms with E-state index in [0.29, 0.717) is 19.5 Å². The maximum absolute atomic E-state index is 13.1. The standard InChI is InChI=1S/C15H17F2N3O/c16-13-5-4-12(9-14(13)17)19-15(21)11-3-1-7-20(10-11)8-2-6-18/h4-5,9,11H,1-3,7-8,10H2,(H,19,21). The quantitative estimate of drug-likeness (QED) is 0.928. The largest absolute Gasteiger partial charge is 0.326 e. The lowest BCUT2D eigenvalue weighted by Crippen LogP contribution is -2.41. The second-order valence-corrected chi connectivity index (χ2v) is 5.17. The van der Waals surface area contributed by atoms with Crippen LogP contribution in [0.15, 0.2) is 18.2 Å². The third kappa shape index (κ3) is 4.23. The molecule has 1 N–H and O–H groups in total. The highest BCUT2D eigenvalue weighted by molar-refractivity contribution is 5.92. The zero-order valence-electron chi connectivity index (χ0n) is 11.6. The highest BCUT2D eigenvalue weighted by Crippen LogP contribution is 2.20. The smallest absolute Gasteiger partial charge is 0.228 e. The predicted octanol–water partition coefficient (Wildman–Crippen LogP) is 2.53. The summed E-state index contributed by atoms with van der Waals surface area (Å²) in [5.41, 5.74) is 0.257. The van der Waals surface area contributed by atoms with E-state index in [0.717, 1.165) is 31.5 Å². The van der Waals surface area contributed by atoms with Gasteiger partial charge in [0.05, 0.1) is 12.0 Å². The van der Waals surface area contributed by atoms with E-state index in [1.165, 1.54) is 6.07 Å². The first kappa shape index (κ1) is 15.4. The van der Waals surface area contributed by atoms with Crippen molar-refractivity contribution in [3.63, 3.8) is 0 Å². The van der Waals surface area contributed by atoms with E-state index in [9.17, 15) is 13.6 Å². The molecule has 1 aromatic carbocycles. The number of carbonyl (C=O) groups is 1. The molecule has 0 spiro atoms. The fourth-order valence-electron chi connectivity index (χ4n) is 2.50. The Bertz CT molecular complexity index is 556. The average molecular weight is 293 g/mol. The summed E-state index contributed by atoms with van der Waals surface area (Å²) in [5, 5.41) is 11.2. The van der Waals surface area contributed by atoms with E-state index in [1.54, 1.807) is 0 Å². The van der Waals surface area contributed by atoms with Crippen molar-refractivity contribution < 1.29 is 13.6 Å². The molecule has 112 valence electrons. The Morgan fingerprint density at radius 1 is 1.43 bits per heavy atom. The molecule has 21 heavy (non-hydrogen) atoms. The molecule has 1 aromatic rings. The topological polar surface area (TPSA) is 56.1 Å². The number of likely N-dealkylation sites (tertiary alicyclic amines) is 1. The molecular weight excluding hydrogens is 276 g/mol. The van der Waals surface area contributed by atoms with Crippen molar-refractivity contribution in [1.29, 1.82) is 5.26 Å².